The second kappa shape index (κ2) is 8.97. The van der Waals surface area contributed by atoms with Gasteiger partial charge in [-0.15, -0.1) is 0 Å². The second-order valence-electron chi connectivity index (χ2n) is 5.10. The van der Waals surface area contributed by atoms with E-state index >= 15 is 0 Å². The minimum Gasteiger partial charge on any atom is -0.490 e. The van der Waals surface area contributed by atoms with E-state index < -0.39 is 6.61 Å². The molecule has 1 aromatic heterocycles. The number of anilines is 1. The van der Waals surface area contributed by atoms with Gasteiger partial charge in [-0.05, 0) is 48.6 Å². The number of benzene rings is 1. The van der Waals surface area contributed by atoms with Crippen LogP contribution in [0.1, 0.15) is 19.0 Å². The number of hydrogen-bond acceptors (Lipinski definition) is 4. The molecule has 2 aromatic rings. The Kier molecular flexibility index (Phi) is 6.97. The van der Waals surface area contributed by atoms with Gasteiger partial charge < -0.3 is 14.8 Å². The summed E-state index contributed by atoms with van der Waals surface area (Å²) in [5.74, 6) is -0.137. The van der Waals surface area contributed by atoms with E-state index in [0.717, 1.165) is 9.26 Å². The number of halogens is 3. The van der Waals surface area contributed by atoms with Crippen molar-refractivity contribution in [3.63, 3.8) is 0 Å². The smallest absolute Gasteiger partial charge is 0.387 e. The molecule has 9 heteroatoms. The fourth-order valence-electron chi connectivity index (χ4n) is 2.10. The molecule has 0 aliphatic heterocycles. The van der Waals surface area contributed by atoms with Crippen LogP contribution in [0.2, 0.25) is 0 Å². The Morgan fingerprint density at radius 1 is 1.40 bits per heavy atom. The number of aromatic nitrogens is 2. The molecule has 1 N–H and O–H groups in total. The first-order valence-corrected chi connectivity index (χ1v) is 8.68. The zero-order valence-electron chi connectivity index (χ0n) is 13.8. The van der Waals surface area contributed by atoms with Gasteiger partial charge in [-0.25, -0.2) is 0 Å². The minimum absolute atomic E-state index is 0.0727. The maximum absolute atomic E-state index is 12.4. The average Bonchev–Trinajstić information content (AvgIpc) is 2.86. The Hall–Kier alpha value is -1.91. The first-order chi connectivity index (χ1) is 11.9. The van der Waals surface area contributed by atoms with Gasteiger partial charge in [-0.3, -0.25) is 9.48 Å². The molecule has 0 aliphatic carbocycles. The lowest BCUT2D eigenvalue weighted by molar-refractivity contribution is -0.116. The van der Waals surface area contributed by atoms with Crippen LogP contribution in [0.4, 0.5) is 14.5 Å². The molecule has 25 heavy (non-hydrogen) atoms. The number of nitrogens with one attached hydrogen (secondary N) is 1. The van der Waals surface area contributed by atoms with Crippen molar-refractivity contribution < 1.29 is 23.0 Å². The number of hydrogen-bond donors (Lipinski definition) is 1. The van der Waals surface area contributed by atoms with Crippen molar-refractivity contribution in [2.75, 3.05) is 11.9 Å². The topological polar surface area (TPSA) is 65.4 Å². The number of amides is 1. The van der Waals surface area contributed by atoms with Crippen molar-refractivity contribution in [2.45, 2.75) is 33.4 Å². The molecule has 136 valence electrons. The summed E-state index contributed by atoms with van der Waals surface area (Å²) in [5.41, 5.74) is 1.36. The maximum atomic E-state index is 12.4. The van der Waals surface area contributed by atoms with Crippen molar-refractivity contribution in [1.29, 1.82) is 0 Å². The monoisotopic (exact) mass is 465 g/mol. The molecule has 1 amide bonds. The number of carbonyl (C=O) groups is 1. The molecule has 1 heterocycles. The van der Waals surface area contributed by atoms with Crippen LogP contribution in [0, 0.1) is 10.5 Å². The first kappa shape index (κ1) is 19.4. The van der Waals surface area contributed by atoms with Crippen LogP contribution in [0.5, 0.6) is 11.5 Å². The predicted molar refractivity (Wildman–Crippen MR) is 97.2 cm³/mol. The summed E-state index contributed by atoms with van der Waals surface area (Å²) in [7, 11) is 0. The third-order valence-electron chi connectivity index (χ3n) is 3.20. The number of aryl methyl sites for hydroxylation is 2. The highest BCUT2D eigenvalue weighted by Gasteiger charge is 2.13. The van der Waals surface area contributed by atoms with E-state index in [9.17, 15) is 13.6 Å². The molecule has 0 atom stereocenters. The summed E-state index contributed by atoms with van der Waals surface area (Å²) < 4.78 is 37.2. The molecule has 0 bridgehead atoms. The summed E-state index contributed by atoms with van der Waals surface area (Å²) >= 11 is 2.18. The van der Waals surface area contributed by atoms with Crippen LogP contribution in [0.25, 0.3) is 0 Å². The molecular formula is C16H18F2IN3O3. The lowest BCUT2D eigenvalue weighted by atomic mass is 10.2. The number of carbonyl (C=O) groups excluding carboxylic acids is 1. The van der Waals surface area contributed by atoms with E-state index in [-0.39, 0.29) is 30.4 Å². The molecule has 2 rings (SSSR count). The molecule has 0 spiro atoms. The predicted octanol–water partition coefficient (Wildman–Crippen LogP) is 3.83. The van der Waals surface area contributed by atoms with Gasteiger partial charge in [-0.2, -0.15) is 13.9 Å². The van der Waals surface area contributed by atoms with Crippen LogP contribution in [0.15, 0.2) is 24.4 Å². The fourth-order valence-corrected chi connectivity index (χ4v) is 2.52. The third kappa shape index (κ3) is 5.83. The molecule has 0 aliphatic rings. The molecule has 0 saturated carbocycles. The quantitative estimate of drug-likeness (QED) is 0.603. The molecular weight excluding hydrogens is 447 g/mol. The summed E-state index contributed by atoms with van der Waals surface area (Å²) in [6.07, 6.45) is 2.10. The SMILES string of the molecule is CCOc1cc(NC(=O)CCn2cc(I)c(C)n2)ccc1OC(F)F. The summed E-state index contributed by atoms with van der Waals surface area (Å²) in [6.45, 7) is 1.41. The van der Waals surface area contributed by atoms with Gasteiger partial charge in [0.1, 0.15) is 0 Å². The van der Waals surface area contributed by atoms with Gasteiger partial charge >= 0.3 is 6.61 Å². The Balaban J connectivity index is 1.98. The summed E-state index contributed by atoms with van der Waals surface area (Å²) in [6, 6.07) is 4.28. The zero-order chi connectivity index (χ0) is 18.4. The van der Waals surface area contributed by atoms with Gasteiger partial charge in [0, 0.05) is 30.9 Å². The zero-order valence-corrected chi connectivity index (χ0v) is 15.9. The number of alkyl halides is 2. The normalized spacial score (nSPS) is 10.8. The molecule has 0 fully saturated rings. The lowest BCUT2D eigenvalue weighted by Gasteiger charge is -2.13. The van der Waals surface area contributed by atoms with E-state index in [4.69, 9.17) is 4.74 Å². The molecule has 1 aromatic carbocycles. The Bertz CT molecular complexity index is 718. The van der Waals surface area contributed by atoms with Gasteiger partial charge in [0.05, 0.1) is 15.9 Å². The van der Waals surface area contributed by atoms with Crippen molar-refractivity contribution in [2.24, 2.45) is 0 Å². The van der Waals surface area contributed by atoms with E-state index in [0.29, 0.717) is 12.2 Å². The van der Waals surface area contributed by atoms with Crippen molar-refractivity contribution in [1.82, 2.24) is 9.78 Å². The van der Waals surface area contributed by atoms with E-state index in [2.05, 4.69) is 37.7 Å². The fraction of sp³-hybridized carbons (Fsp3) is 0.375. The standard InChI is InChI=1S/C16H18F2IN3O3/c1-3-24-14-8-11(4-5-13(14)25-16(17)18)20-15(23)6-7-22-9-12(19)10(2)21-22/h4-5,8-9,16H,3,6-7H2,1-2H3,(H,20,23). The summed E-state index contributed by atoms with van der Waals surface area (Å²) in [5, 5.41) is 7.00. The molecule has 0 saturated heterocycles. The van der Waals surface area contributed by atoms with E-state index in [1.54, 1.807) is 11.6 Å². The van der Waals surface area contributed by atoms with Gasteiger partial charge in [0.25, 0.3) is 0 Å². The third-order valence-corrected chi connectivity index (χ3v) is 4.26. The van der Waals surface area contributed by atoms with Gasteiger partial charge in [0.15, 0.2) is 11.5 Å². The average molecular weight is 465 g/mol. The molecule has 0 radical (unpaired) electrons. The lowest BCUT2D eigenvalue weighted by Crippen LogP contribution is -2.15. The highest BCUT2D eigenvalue weighted by molar-refractivity contribution is 14.1. The number of nitrogens with zero attached hydrogens (tertiary/aromatic N) is 2. The molecule has 0 unspecified atom stereocenters. The van der Waals surface area contributed by atoms with Crippen molar-refractivity contribution in [3.8, 4) is 11.5 Å². The van der Waals surface area contributed by atoms with Crippen molar-refractivity contribution >= 4 is 34.2 Å². The van der Waals surface area contributed by atoms with Crippen molar-refractivity contribution in [3.05, 3.63) is 33.7 Å². The number of rotatable bonds is 8. The molecule has 6 nitrogen and oxygen atoms in total. The van der Waals surface area contributed by atoms with Crippen LogP contribution in [-0.2, 0) is 11.3 Å². The van der Waals surface area contributed by atoms with Crippen LogP contribution in [-0.4, -0.2) is 28.9 Å². The Morgan fingerprint density at radius 2 is 2.16 bits per heavy atom. The first-order valence-electron chi connectivity index (χ1n) is 7.60. The second-order valence-corrected chi connectivity index (χ2v) is 6.26. The number of ether oxygens (including phenoxy) is 2. The Morgan fingerprint density at radius 3 is 2.76 bits per heavy atom. The van der Waals surface area contributed by atoms with Crippen LogP contribution < -0.4 is 14.8 Å². The largest absolute Gasteiger partial charge is 0.490 e. The highest BCUT2D eigenvalue weighted by Crippen LogP contribution is 2.31. The van der Waals surface area contributed by atoms with Gasteiger partial charge in [-0.1, -0.05) is 0 Å². The van der Waals surface area contributed by atoms with E-state index in [1.807, 2.05) is 13.1 Å². The van der Waals surface area contributed by atoms with Gasteiger partial charge in [0.2, 0.25) is 5.91 Å². The maximum Gasteiger partial charge on any atom is 0.387 e. The van der Waals surface area contributed by atoms with Crippen LogP contribution in [0.3, 0.4) is 0 Å². The summed E-state index contributed by atoms with van der Waals surface area (Å²) in [4.78, 5) is 12.1. The van der Waals surface area contributed by atoms with E-state index in [1.165, 1.54) is 18.2 Å². The van der Waals surface area contributed by atoms with Crippen LogP contribution >= 0.6 is 22.6 Å². The highest BCUT2D eigenvalue weighted by atomic mass is 127. The Labute approximate surface area is 157 Å². The minimum atomic E-state index is -2.94.